The molecular weight excluding hydrogens is 445 g/mol. The Bertz CT molecular complexity index is 1260. The lowest BCUT2D eigenvalue weighted by atomic mass is 10.1. The van der Waals surface area contributed by atoms with Crippen molar-refractivity contribution in [1.29, 1.82) is 0 Å². The number of hydrogen-bond donors (Lipinski definition) is 1. The molecule has 1 N–H and O–H groups in total. The molecule has 35 heavy (non-hydrogen) atoms. The number of methoxy groups -OCH3 is 2. The number of aryl methyl sites for hydroxylation is 1. The molecule has 3 aromatic carbocycles. The average Bonchev–Trinajstić information content (AvgIpc) is 3.32. The Labute approximate surface area is 204 Å². The van der Waals surface area contributed by atoms with E-state index in [-0.39, 0.29) is 24.2 Å². The number of aromatic nitrogens is 2. The second-order valence-corrected chi connectivity index (χ2v) is 8.13. The number of hydrogen-bond acceptors (Lipinski definition) is 4. The van der Waals surface area contributed by atoms with E-state index in [9.17, 15) is 9.18 Å². The second kappa shape index (κ2) is 11.4. The lowest BCUT2D eigenvalue weighted by Crippen LogP contribution is -2.31. The van der Waals surface area contributed by atoms with E-state index in [0.717, 1.165) is 28.4 Å². The second-order valence-electron chi connectivity index (χ2n) is 8.13. The average molecular weight is 474 g/mol. The molecule has 1 aromatic heterocycles. The highest BCUT2D eigenvalue weighted by molar-refractivity contribution is 5.76. The number of halogens is 1. The largest absolute Gasteiger partial charge is 0.497 e. The SMILES string of the molecule is COCC(NC(=O)CCc1cc(-c2cccc(F)c2)n(-c2ccc(OC)cc2)n1)c1ccccc1. The van der Waals surface area contributed by atoms with E-state index in [1.165, 1.54) is 12.1 Å². The Hall–Kier alpha value is -3.97. The quantitative estimate of drug-likeness (QED) is 0.347. The number of rotatable bonds is 10. The Morgan fingerprint density at radius 2 is 1.77 bits per heavy atom. The number of carbonyl (C=O) groups is 1. The fourth-order valence-electron chi connectivity index (χ4n) is 3.91. The summed E-state index contributed by atoms with van der Waals surface area (Å²) in [6, 6.07) is 25.3. The van der Waals surface area contributed by atoms with Gasteiger partial charge in [0.15, 0.2) is 0 Å². The standard InChI is InChI=1S/C28H28FN3O3/c1-34-19-26(20-7-4-3-5-8-20)30-28(33)16-11-23-18-27(21-9-6-10-22(29)17-21)32(31-23)24-12-14-25(35-2)15-13-24/h3-10,12-15,17-18,26H,11,16,19H2,1-2H3,(H,30,33). The van der Waals surface area contributed by atoms with E-state index in [1.807, 2.05) is 66.7 Å². The lowest BCUT2D eigenvalue weighted by molar-refractivity contribution is -0.122. The topological polar surface area (TPSA) is 65.4 Å². The van der Waals surface area contributed by atoms with Crippen molar-refractivity contribution in [2.75, 3.05) is 20.8 Å². The molecule has 6 nitrogen and oxygen atoms in total. The molecule has 0 saturated carbocycles. The van der Waals surface area contributed by atoms with Gasteiger partial charge < -0.3 is 14.8 Å². The molecule has 180 valence electrons. The minimum absolute atomic E-state index is 0.0952. The lowest BCUT2D eigenvalue weighted by Gasteiger charge is -2.18. The number of nitrogens with zero attached hydrogens (tertiary/aromatic N) is 2. The first-order valence-electron chi connectivity index (χ1n) is 11.4. The van der Waals surface area contributed by atoms with Gasteiger partial charge in [0.05, 0.1) is 36.8 Å². The van der Waals surface area contributed by atoms with E-state index in [4.69, 9.17) is 14.6 Å². The van der Waals surface area contributed by atoms with Crippen LogP contribution in [0.15, 0.2) is 84.9 Å². The maximum Gasteiger partial charge on any atom is 0.220 e. The summed E-state index contributed by atoms with van der Waals surface area (Å²) in [6.45, 7) is 0.381. The van der Waals surface area contributed by atoms with E-state index in [2.05, 4.69) is 5.32 Å². The first-order chi connectivity index (χ1) is 17.1. The summed E-state index contributed by atoms with van der Waals surface area (Å²) < 4.78 is 26.3. The zero-order valence-corrected chi connectivity index (χ0v) is 19.8. The summed E-state index contributed by atoms with van der Waals surface area (Å²) >= 11 is 0. The third-order valence-corrected chi connectivity index (χ3v) is 5.68. The van der Waals surface area contributed by atoms with E-state index in [0.29, 0.717) is 18.6 Å². The van der Waals surface area contributed by atoms with E-state index >= 15 is 0 Å². The van der Waals surface area contributed by atoms with Crippen molar-refractivity contribution < 1.29 is 18.7 Å². The van der Waals surface area contributed by atoms with Crippen molar-refractivity contribution in [2.24, 2.45) is 0 Å². The van der Waals surface area contributed by atoms with Crippen LogP contribution in [0.5, 0.6) is 5.75 Å². The molecule has 1 heterocycles. The predicted molar refractivity (Wildman–Crippen MR) is 133 cm³/mol. The van der Waals surface area contributed by atoms with Gasteiger partial charge in [0.25, 0.3) is 0 Å². The van der Waals surface area contributed by atoms with Gasteiger partial charge in [0.2, 0.25) is 5.91 Å². The Morgan fingerprint density at radius 1 is 1.00 bits per heavy atom. The molecule has 1 unspecified atom stereocenters. The highest BCUT2D eigenvalue weighted by Crippen LogP contribution is 2.26. The molecule has 0 aliphatic heterocycles. The van der Waals surface area contributed by atoms with Gasteiger partial charge in [0, 0.05) is 25.5 Å². The Morgan fingerprint density at radius 3 is 2.46 bits per heavy atom. The molecule has 0 spiro atoms. The summed E-state index contributed by atoms with van der Waals surface area (Å²) in [7, 11) is 3.22. The zero-order chi connectivity index (χ0) is 24.6. The van der Waals surface area contributed by atoms with Gasteiger partial charge in [-0.1, -0.05) is 42.5 Å². The van der Waals surface area contributed by atoms with Crippen LogP contribution in [0, 0.1) is 5.82 Å². The molecule has 1 amide bonds. The smallest absolute Gasteiger partial charge is 0.220 e. The minimum atomic E-state index is -0.323. The third-order valence-electron chi connectivity index (χ3n) is 5.68. The monoisotopic (exact) mass is 473 g/mol. The summed E-state index contributed by atoms with van der Waals surface area (Å²) in [5.74, 6) is 0.312. The fourth-order valence-corrected chi connectivity index (χ4v) is 3.91. The van der Waals surface area contributed by atoms with Gasteiger partial charge >= 0.3 is 0 Å². The van der Waals surface area contributed by atoms with Crippen molar-refractivity contribution in [3.05, 3.63) is 102 Å². The number of amides is 1. The molecule has 4 rings (SSSR count). The van der Waals surface area contributed by atoms with Crippen LogP contribution in [-0.4, -0.2) is 36.5 Å². The van der Waals surface area contributed by atoms with Crippen LogP contribution in [0.4, 0.5) is 4.39 Å². The minimum Gasteiger partial charge on any atom is -0.497 e. The molecule has 0 bridgehead atoms. The van der Waals surface area contributed by atoms with Gasteiger partial charge in [-0.3, -0.25) is 4.79 Å². The highest BCUT2D eigenvalue weighted by Gasteiger charge is 2.17. The predicted octanol–water partition coefficient (Wildman–Crippen LogP) is 5.12. The fraction of sp³-hybridized carbons (Fsp3) is 0.214. The van der Waals surface area contributed by atoms with Crippen LogP contribution in [0.25, 0.3) is 16.9 Å². The number of carbonyl (C=O) groups excluding carboxylic acids is 1. The molecule has 7 heteroatoms. The van der Waals surface area contributed by atoms with Gasteiger partial charge in [-0.25, -0.2) is 9.07 Å². The van der Waals surface area contributed by atoms with Crippen molar-refractivity contribution in [1.82, 2.24) is 15.1 Å². The van der Waals surface area contributed by atoms with Crippen LogP contribution in [-0.2, 0) is 16.0 Å². The van der Waals surface area contributed by atoms with Gasteiger partial charge in [0.1, 0.15) is 11.6 Å². The summed E-state index contributed by atoms with van der Waals surface area (Å²) in [4.78, 5) is 12.8. The maximum absolute atomic E-state index is 14.0. The number of ether oxygens (including phenoxy) is 2. The highest BCUT2D eigenvalue weighted by atomic mass is 19.1. The number of nitrogens with one attached hydrogen (secondary N) is 1. The first kappa shape index (κ1) is 24.2. The van der Waals surface area contributed by atoms with E-state index in [1.54, 1.807) is 25.0 Å². The molecular formula is C28H28FN3O3. The Balaban J connectivity index is 1.54. The molecule has 0 radical (unpaired) electrons. The van der Waals surface area contributed by atoms with Crippen molar-refractivity contribution in [3.63, 3.8) is 0 Å². The van der Waals surface area contributed by atoms with Crippen molar-refractivity contribution >= 4 is 5.91 Å². The molecule has 1 atom stereocenters. The molecule has 4 aromatic rings. The third kappa shape index (κ3) is 6.13. The molecule has 0 aliphatic carbocycles. The summed E-state index contributed by atoms with van der Waals surface area (Å²) in [6.07, 6.45) is 0.695. The van der Waals surface area contributed by atoms with Crippen molar-refractivity contribution in [3.8, 4) is 22.7 Å². The number of benzene rings is 3. The Kier molecular flexibility index (Phi) is 7.90. The van der Waals surface area contributed by atoms with Crippen molar-refractivity contribution in [2.45, 2.75) is 18.9 Å². The first-order valence-corrected chi connectivity index (χ1v) is 11.4. The zero-order valence-electron chi connectivity index (χ0n) is 19.8. The maximum atomic E-state index is 14.0. The van der Waals surface area contributed by atoms with Crippen LogP contribution in [0.3, 0.4) is 0 Å². The van der Waals surface area contributed by atoms with Crippen LogP contribution < -0.4 is 10.1 Å². The molecule has 0 fully saturated rings. The van der Waals surface area contributed by atoms with Crippen LogP contribution >= 0.6 is 0 Å². The summed E-state index contributed by atoms with van der Waals surface area (Å²) in [5.41, 5.74) is 3.97. The van der Waals surface area contributed by atoms with Gasteiger partial charge in [-0.15, -0.1) is 0 Å². The molecule has 0 saturated heterocycles. The van der Waals surface area contributed by atoms with E-state index < -0.39 is 0 Å². The van der Waals surface area contributed by atoms with Crippen LogP contribution in [0.2, 0.25) is 0 Å². The van der Waals surface area contributed by atoms with Gasteiger partial charge in [-0.05, 0) is 48.0 Å². The normalized spacial score (nSPS) is 11.7. The summed E-state index contributed by atoms with van der Waals surface area (Å²) in [5, 5.41) is 7.78. The van der Waals surface area contributed by atoms with Crippen LogP contribution in [0.1, 0.15) is 23.7 Å². The molecule has 0 aliphatic rings. The van der Waals surface area contributed by atoms with Gasteiger partial charge in [-0.2, -0.15) is 5.10 Å².